The first kappa shape index (κ1) is 12.0. The van der Waals surface area contributed by atoms with E-state index in [2.05, 4.69) is 21.2 Å². The number of hydrogen-bond donors (Lipinski definition) is 2. The second-order valence-corrected chi connectivity index (χ2v) is 3.96. The fourth-order valence-corrected chi connectivity index (χ4v) is 1.47. The summed E-state index contributed by atoms with van der Waals surface area (Å²) in [6, 6.07) is 5.19. The van der Waals surface area contributed by atoms with E-state index < -0.39 is 6.10 Å². The molecular weight excluding hydrogens is 260 g/mol. The van der Waals surface area contributed by atoms with Gasteiger partial charge in [0.25, 0.3) is 5.91 Å². The smallest absolute Gasteiger partial charge is 0.253 e. The van der Waals surface area contributed by atoms with Crippen LogP contribution in [-0.4, -0.2) is 19.1 Å². The van der Waals surface area contributed by atoms with E-state index in [1.54, 1.807) is 25.1 Å². The maximum Gasteiger partial charge on any atom is 0.253 e. The fraction of sp³-hybridized carbons (Fsp3) is 0.300. The Bertz CT molecular complexity index is 368. The number of benzene rings is 1. The molecule has 0 bridgehead atoms. The minimum Gasteiger partial charge on any atom is -0.399 e. The predicted octanol–water partition coefficient (Wildman–Crippen LogP) is 2.00. The van der Waals surface area contributed by atoms with Crippen molar-refractivity contribution in [3.8, 4) is 0 Å². The van der Waals surface area contributed by atoms with E-state index in [1.807, 2.05) is 0 Å². The van der Waals surface area contributed by atoms with Crippen molar-refractivity contribution in [1.29, 1.82) is 0 Å². The van der Waals surface area contributed by atoms with Crippen LogP contribution in [0.3, 0.4) is 0 Å². The normalized spacial score (nSPS) is 12.2. The van der Waals surface area contributed by atoms with Gasteiger partial charge in [-0.05, 0) is 41.1 Å². The van der Waals surface area contributed by atoms with Gasteiger partial charge >= 0.3 is 0 Å². The zero-order chi connectivity index (χ0) is 11.4. The molecular formula is C10H13BrN2O2. The molecule has 0 saturated heterocycles. The molecule has 1 aromatic rings. The van der Waals surface area contributed by atoms with Crippen molar-refractivity contribution >= 4 is 33.2 Å². The Morgan fingerprint density at radius 2 is 2.27 bits per heavy atom. The largest absolute Gasteiger partial charge is 0.399 e. The van der Waals surface area contributed by atoms with E-state index in [0.29, 0.717) is 11.4 Å². The summed E-state index contributed by atoms with van der Waals surface area (Å²) in [4.78, 5) is 11.5. The molecule has 0 radical (unpaired) electrons. The topological polar surface area (TPSA) is 64.3 Å². The van der Waals surface area contributed by atoms with Crippen molar-refractivity contribution in [2.75, 3.05) is 18.2 Å². The highest BCUT2D eigenvalue weighted by atomic mass is 79.9. The number of nitrogens with one attached hydrogen (secondary N) is 1. The molecule has 0 fully saturated rings. The minimum atomic E-state index is -0.477. The van der Waals surface area contributed by atoms with E-state index in [-0.39, 0.29) is 5.91 Å². The van der Waals surface area contributed by atoms with Crippen molar-refractivity contribution in [3.05, 3.63) is 22.7 Å². The standard InChI is InChI=1S/C10H13BrN2O2/c1-6(15-2)10(14)13-9-4-3-7(12)5-8(9)11/h3-6H,12H2,1-2H3,(H,13,14). The summed E-state index contributed by atoms with van der Waals surface area (Å²) < 4.78 is 5.64. The van der Waals surface area contributed by atoms with Crippen LogP contribution in [0.4, 0.5) is 11.4 Å². The molecule has 1 rings (SSSR count). The number of methoxy groups -OCH3 is 1. The fourth-order valence-electron chi connectivity index (χ4n) is 0.974. The molecule has 0 aliphatic rings. The lowest BCUT2D eigenvalue weighted by Gasteiger charge is -2.11. The van der Waals surface area contributed by atoms with Gasteiger partial charge < -0.3 is 15.8 Å². The van der Waals surface area contributed by atoms with Crippen LogP contribution in [0.5, 0.6) is 0 Å². The van der Waals surface area contributed by atoms with Gasteiger partial charge in [-0.1, -0.05) is 0 Å². The van der Waals surface area contributed by atoms with Crippen molar-refractivity contribution in [1.82, 2.24) is 0 Å². The summed E-state index contributed by atoms with van der Waals surface area (Å²) in [6.45, 7) is 1.68. The number of nitrogens with two attached hydrogens (primary N) is 1. The molecule has 3 N–H and O–H groups in total. The van der Waals surface area contributed by atoms with E-state index in [1.165, 1.54) is 7.11 Å². The molecule has 0 aliphatic carbocycles. The van der Waals surface area contributed by atoms with Gasteiger partial charge in [0.15, 0.2) is 0 Å². The highest BCUT2D eigenvalue weighted by molar-refractivity contribution is 9.10. The first-order chi connectivity index (χ1) is 7.04. The SMILES string of the molecule is COC(C)C(=O)Nc1ccc(N)cc1Br. The van der Waals surface area contributed by atoms with Crippen LogP contribution in [0.2, 0.25) is 0 Å². The Labute approximate surface area is 96.9 Å². The van der Waals surface area contributed by atoms with Crippen LogP contribution >= 0.6 is 15.9 Å². The average molecular weight is 273 g/mol. The first-order valence-electron chi connectivity index (χ1n) is 4.43. The molecule has 0 aromatic heterocycles. The molecule has 1 unspecified atom stereocenters. The summed E-state index contributed by atoms with van der Waals surface area (Å²) in [6.07, 6.45) is -0.477. The predicted molar refractivity (Wildman–Crippen MR) is 63.7 cm³/mol. The zero-order valence-corrected chi connectivity index (χ0v) is 10.2. The zero-order valence-electron chi connectivity index (χ0n) is 8.58. The van der Waals surface area contributed by atoms with Crippen LogP contribution in [0, 0.1) is 0 Å². The summed E-state index contributed by atoms with van der Waals surface area (Å²) in [5.41, 5.74) is 6.89. The number of ether oxygens (including phenoxy) is 1. The number of hydrogen-bond acceptors (Lipinski definition) is 3. The lowest BCUT2D eigenvalue weighted by molar-refractivity contribution is -0.124. The van der Waals surface area contributed by atoms with Gasteiger partial charge in [0, 0.05) is 17.3 Å². The Balaban J connectivity index is 2.77. The minimum absolute atomic E-state index is 0.192. The van der Waals surface area contributed by atoms with Gasteiger partial charge in [0.2, 0.25) is 0 Å². The van der Waals surface area contributed by atoms with Crippen LogP contribution in [0.1, 0.15) is 6.92 Å². The van der Waals surface area contributed by atoms with Crippen LogP contribution < -0.4 is 11.1 Å². The molecule has 0 heterocycles. The highest BCUT2D eigenvalue weighted by Gasteiger charge is 2.12. The summed E-state index contributed by atoms with van der Waals surface area (Å²) in [7, 11) is 1.49. The van der Waals surface area contributed by atoms with Crippen molar-refractivity contribution in [3.63, 3.8) is 0 Å². The molecule has 1 aromatic carbocycles. The maximum atomic E-state index is 11.5. The number of amides is 1. The third-order valence-electron chi connectivity index (χ3n) is 1.97. The highest BCUT2D eigenvalue weighted by Crippen LogP contribution is 2.24. The summed E-state index contributed by atoms with van der Waals surface area (Å²) in [5, 5.41) is 2.72. The number of halogens is 1. The van der Waals surface area contributed by atoms with E-state index >= 15 is 0 Å². The number of carbonyl (C=O) groups is 1. The molecule has 82 valence electrons. The van der Waals surface area contributed by atoms with Crippen molar-refractivity contribution < 1.29 is 9.53 Å². The molecule has 0 aliphatic heterocycles. The van der Waals surface area contributed by atoms with Gasteiger partial charge in [-0.15, -0.1) is 0 Å². The molecule has 1 atom stereocenters. The summed E-state index contributed by atoms with van der Waals surface area (Å²) in [5.74, 6) is -0.192. The van der Waals surface area contributed by atoms with Gasteiger partial charge in [0.1, 0.15) is 6.10 Å². The van der Waals surface area contributed by atoms with Crippen molar-refractivity contribution in [2.24, 2.45) is 0 Å². The first-order valence-corrected chi connectivity index (χ1v) is 5.22. The average Bonchev–Trinajstić information content (AvgIpc) is 2.20. The molecule has 5 heteroatoms. The van der Waals surface area contributed by atoms with E-state index in [4.69, 9.17) is 10.5 Å². The lowest BCUT2D eigenvalue weighted by Crippen LogP contribution is -2.26. The third-order valence-corrected chi connectivity index (χ3v) is 2.63. The Morgan fingerprint density at radius 1 is 1.60 bits per heavy atom. The van der Waals surface area contributed by atoms with E-state index in [9.17, 15) is 4.79 Å². The quantitative estimate of drug-likeness (QED) is 0.828. The Kier molecular flexibility index (Phi) is 4.11. The van der Waals surface area contributed by atoms with Gasteiger partial charge in [-0.2, -0.15) is 0 Å². The molecule has 0 spiro atoms. The summed E-state index contributed by atoms with van der Waals surface area (Å²) >= 11 is 3.31. The van der Waals surface area contributed by atoms with Crippen LogP contribution in [0.25, 0.3) is 0 Å². The number of rotatable bonds is 3. The molecule has 1 amide bonds. The maximum absolute atomic E-state index is 11.5. The van der Waals surface area contributed by atoms with Crippen molar-refractivity contribution in [2.45, 2.75) is 13.0 Å². The second kappa shape index (κ2) is 5.14. The Hall–Kier alpha value is -1.07. The number of carbonyl (C=O) groups excluding carboxylic acids is 1. The van der Waals surface area contributed by atoms with Gasteiger partial charge in [0.05, 0.1) is 5.69 Å². The van der Waals surface area contributed by atoms with Gasteiger partial charge in [-0.25, -0.2) is 0 Å². The molecule has 15 heavy (non-hydrogen) atoms. The number of nitrogen functional groups attached to an aromatic ring is 1. The van der Waals surface area contributed by atoms with Gasteiger partial charge in [-0.3, -0.25) is 4.79 Å². The second-order valence-electron chi connectivity index (χ2n) is 3.11. The van der Waals surface area contributed by atoms with Crippen LogP contribution in [0.15, 0.2) is 22.7 Å². The number of anilines is 2. The Morgan fingerprint density at radius 3 is 2.80 bits per heavy atom. The van der Waals surface area contributed by atoms with E-state index in [0.717, 1.165) is 4.47 Å². The molecule has 0 saturated carbocycles. The molecule has 4 nitrogen and oxygen atoms in total. The lowest BCUT2D eigenvalue weighted by atomic mass is 10.2. The monoisotopic (exact) mass is 272 g/mol. The third kappa shape index (κ3) is 3.21. The van der Waals surface area contributed by atoms with Crippen LogP contribution in [-0.2, 0) is 9.53 Å².